The van der Waals surface area contributed by atoms with Crippen molar-refractivity contribution in [3.05, 3.63) is 0 Å². The smallest absolute Gasteiger partial charge is 0.394 e. The van der Waals surface area contributed by atoms with Crippen LogP contribution in [0.5, 0.6) is 0 Å². The Labute approximate surface area is 91.3 Å². The average Bonchev–Trinajstić information content (AvgIpc) is 2.17. The third-order valence-electron chi connectivity index (χ3n) is 2.15. The summed E-state index contributed by atoms with van der Waals surface area (Å²) in [5, 5.41) is 27.5. The van der Waals surface area contributed by atoms with Gasteiger partial charge < -0.3 is 25.8 Å². The Bertz CT molecular complexity index is 329. The van der Waals surface area contributed by atoms with Crippen molar-refractivity contribution in [2.45, 2.75) is 30.6 Å². The first-order valence-corrected chi connectivity index (χ1v) is 5.66. The van der Waals surface area contributed by atoms with Gasteiger partial charge in [-0.05, 0) is 0 Å². The summed E-state index contributed by atoms with van der Waals surface area (Å²) in [4.78, 5) is 0. The summed E-state index contributed by atoms with van der Waals surface area (Å²) >= 11 is 0. The monoisotopic (exact) mass is 259 g/mol. The van der Waals surface area contributed by atoms with Crippen LogP contribution in [0.2, 0.25) is 0 Å². The molecule has 1 aliphatic rings. The van der Waals surface area contributed by atoms with Gasteiger partial charge in [0.2, 0.25) is 0 Å². The predicted octanol–water partition coefficient (Wildman–Crippen LogP) is -3.43. The van der Waals surface area contributed by atoms with Crippen molar-refractivity contribution in [2.75, 3.05) is 6.61 Å². The lowest BCUT2D eigenvalue weighted by atomic mass is 9.98. The van der Waals surface area contributed by atoms with E-state index in [1.807, 2.05) is 0 Å². The fourth-order valence-corrected chi connectivity index (χ4v) is 1.88. The maximum absolute atomic E-state index is 10.5. The number of hydrogen-bond acceptors (Lipinski definition) is 8. The minimum absolute atomic E-state index is 0.721. The molecule has 10 heteroatoms. The third-order valence-corrected chi connectivity index (χ3v) is 2.62. The van der Waals surface area contributed by atoms with E-state index in [2.05, 4.69) is 4.18 Å². The summed E-state index contributed by atoms with van der Waals surface area (Å²) < 4.78 is 38.2. The second-order valence-electron chi connectivity index (χ2n) is 3.30. The van der Waals surface area contributed by atoms with Gasteiger partial charge in [-0.3, -0.25) is 4.55 Å². The molecule has 16 heavy (non-hydrogen) atoms. The summed E-state index contributed by atoms with van der Waals surface area (Å²) in [5.74, 6) is 0. The normalized spacial score (nSPS) is 40.9. The molecule has 6 N–H and O–H groups in total. The summed E-state index contributed by atoms with van der Waals surface area (Å²) in [6.07, 6.45) is -6.07. The zero-order valence-electron chi connectivity index (χ0n) is 8.00. The highest BCUT2D eigenvalue weighted by Gasteiger charge is 2.45. The van der Waals surface area contributed by atoms with E-state index in [4.69, 9.17) is 20.1 Å². The van der Waals surface area contributed by atoms with Crippen molar-refractivity contribution >= 4 is 10.4 Å². The van der Waals surface area contributed by atoms with Gasteiger partial charge in [-0.1, -0.05) is 0 Å². The molecular formula is C6H13NO8S. The van der Waals surface area contributed by atoms with Gasteiger partial charge >= 0.3 is 10.4 Å². The molecule has 5 atom stereocenters. The minimum Gasteiger partial charge on any atom is -0.394 e. The highest BCUT2D eigenvalue weighted by molar-refractivity contribution is 7.80. The Hall–Kier alpha value is -0.330. The quantitative estimate of drug-likeness (QED) is 0.325. The molecule has 0 aromatic carbocycles. The topological polar surface area (TPSA) is 160 Å². The number of ether oxygens (including phenoxy) is 1. The van der Waals surface area contributed by atoms with Crippen molar-refractivity contribution in [1.82, 2.24) is 0 Å². The van der Waals surface area contributed by atoms with Crippen LogP contribution in [0, 0.1) is 0 Å². The van der Waals surface area contributed by atoms with Gasteiger partial charge in [0.25, 0.3) is 0 Å². The van der Waals surface area contributed by atoms with Crippen LogP contribution in [0.3, 0.4) is 0 Å². The molecule has 1 rings (SSSR count). The van der Waals surface area contributed by atoms with Gasteiger partial charge in [-0.2, -0.15) is 8.42 Å². The number of hydrogen-bond donors (Lipinski definition) is 5. The lowest BCUT2D eigenvalue weighted by Gasteiger charge is -2.39. The van der Waals surface area contributed by atoms with Crippen molar-refractivity contribution in [2.24, 2.45) is 5.73 Å². The first kappa shape index (κ1) is 13.7. The first-order valence-electron chi connectivity index (χ1n) is 4.30. The van der Waals surface area contributed by atoms with Crippen molar-refractivity contribution in [3.63, 3.8) is 0 Å². The molecule has 0 bridgehead atoms. The van der Waals surface area contributed by atoms with Crippen LogP contribution in [0.25, 0.3) is 0 Å². The van der Waals surface area contributed by atoms with E-state index in [0.717, 1.165) is 0 Å². The van der Waals surface area contributed by atoms with Crippen LogP contribution in [0.15, 0.2) is 0 Å². The number of aliphatic hydroxyl groups excluding tert-OH is 3. The largest absolute Gasteiger partial charge is 0.397 e. The summed E-state index contributed by atoms with van der Waals surface area (Å²) in [6.45, 7) is -0.721. The van der Waals surface area contributed by atoms with Gasteiger partial charge in [-0.25, -0.2) is 4.18 Å². The van der Waals surface area contributed by atoms with Crippen LogP contribution in [-0.2, 0) is 19.3 Å². The lowest BCUT2D eigenvalue weighted by Crippen LogP contribution is -2.62. The summed E-state index contributed by atoms with van der Waals surface area (Å²) in [7, 11) is -4.83. The number of aliphatic hydroxyl groups is 3. The van der Waals surface area contributed by atoms with Gasteiger partial charge in [0, 0.05) is 0 Å². The Morgan fingerprint density at radius 2 is 1.94 bits per heavy atom. The van der Waals surface area contributed by atoms with E-state index in [9.17, 15) is 18.6 Å². The van der Waals surface area contributed by atoms with Crippen molar-refractivity contribution < 1.29 is 37.2 Å². The minimum atomic E-state index is -4.83. The second-order valence-corrected chi connectivity index (χ2v) is 4.35. The fraction of sp³-hybridized carbons (Fsp3) is 1.00. The van der Waals surface area contributed by atoms with Crippen LogP contribution in [0.4, 0.5) is 0 Å². The predicted molar refractivity (Wildman–Crippen MR) is 48.4 cm³/mol. The Balaban J connectivity index is 2.85. The lowest BCUT2D eigenvalue weighted by molar-refractivity contribution is -0.243. The molecule has 0 aromatic heterocycles. The summed E-state index contributed by atoms with van der Waals surface area (Å²) in [6, 6.07) is -1.31. The van der Waals surface area contributed by atoms with E-state index >= 15 is 0 Å². The molecule has 0 amide bonds. The molecule has 96 valence electrons. The van der Waals surface area contributed by atoms with Gasteiger partial charge in [0.1, 0.15) is 18.3 Å². The van der Waals surface area contributed by atoms with E-state index < -0.39 is 47.6 Å². The highest BCUT2D eigenvalue weighted by atomic mass is 32.3. The maximum Gasteiger partial charge on any atom is 0.397 e. The number of rotatable bonds is 3. The van der Waals surface area contributed by atoms with E-state index in [1.54, 1.807) is 0 Å². The van der Waals surface area contributed by atoms with Crippen LogP contribution in [-0.4, -0.2) is 65.5 Å². The molecule has 1 fully saturated rings. The molecule has 0 saturated carbocycles. The molecule has 0 aliphatic carbocycles. The van der Waals surface area contributed by atoms with Gasteiger partial charge in [0.15, 0.2) is 6.29 Å². The third kappa shape index (κ3) is 3.09. The SMILES string of the molecule is N[C@H]1C(O)O[C@H](CO)[C@H](OS(=O)(=O)O)[C@@H]1O. The second kappa shape index (κ2) is 4.89. The highest BCUT2D eigenvalue weighted by Crippen LogP contribution is 2.22. The number of nitrogens with two attached hydrogens (primary N) is 1. The Kier molecular flexibility index (Phi) is 4.20. The Morgan fingerprint density at radius 3 is 2.38 bits per heavy atom. The molecule has 0 spiro atoms. The van der Waals surface area contributed by atoms with Crippen molar-refractivity contribution in [3.8, 4) is 0 Å². The first-order chi connectivity index (χ1) is 7.26. The molecule has 1 unspecified atom stereocenters. The van der Waals surface area contributed by atoms with E-state index in [-0.39, 0.29) is 0 Å². The molecule has 9 nitrogen and oxygen atoms in total. The molecule has 1 heterocycles. The molecule has 1 aliphatic heterocycles. The molecule has 0 radical (unpaired) electrons. The zero-order valence-corrected chi connectivity index (χ0v) is 8.82. The van der Waals surface area contributed by atoms with E-state index in [0.29, 0.717) is 0 Å². The molecule has 1 saturated heterocycles. The van der Waals surface area contributed by atoms with Crippen molar-refractivity contribution in [1.29, 1.82) is 0 Å². The van der Waals surface area contributed by atoms with Crippen LogP contribution >= 0.6 is 0 Å². The fourth-order valence-electron chi connectivity index (χ4n) is 1.36. The van der Waals surface area contributed by atoms with Gasteiger partial charge in [0.05, 0.1) is 12.6 Å². The standard InChI is InChI=1S/C6H13NO8S/c7-3-4(9)5(15-16(11,12)13)2(1-8)14-6(3)10/h2-6,8-10H,1,7H2,(H,11,12,13)/t2-,3-,4-,5+,6?/m1/s1. The molecule has 0 aromatic rings. The maximum atomic E-state index is 10.5. The van der Waals surface area contributed by atoms with Gasteiger partial charge in [-0.15, -0.1) is 0 Å². The average molecular weight is 259 g/mol. The summed E-state index contributed by atoms with van der Waals surface area (Å²) in [5.41, 5.74) is 5.28. The molecular weight excluding hydrogens is 246 g/mol. The van der Waals surface area contributed by atoms with Crippen LogP contribution < -0.4 is 5.73 Å². The Morgan fingerprint density at radius 1 is 1.38 bits per heavy atom. The van der Waals surface area contributed by atoms with Crippen LogP contribution in [0.1, 0.15) is 0 Å². The zero-order chi connectivity index (χ0) is 12.5. The van der Waals surface area contributed by atoms with E-state index in [1.165, 1.54) is 0 Å².